The van der Waals surface area contributed by atoms with Crippen molar-refractivity contribution < 1.29 is 18.0 Å². The number of halogens is 3. The zero-order chi connectivity index (χ0) is 18.3. The Hall–Kier alpha value is -1.95. The molecule has 0 aliphatic rings. The van der Waals surface area contributed by atoms with E-state index < -0.39 is 22.9 Å². The van der Waals surface area contributed by atoms with Gasteiger partial charge in [-0.2, -0.15) is 13.2 Å². The summed E-state index contributed by atoms with van der Waals surface area (Å²) >= 11 is 1.44. The van der Waals surface area contributed by atoms with Gasteiger partial charge in [-0.05, 0) is 43.2 Å². The van der Waals surface area contributed by atoms with Gasteiger partial charge in [0.2, 0.25) is 5.91 Å². The minimum Gasteiger partial charge on any atom is -0.325 e. The number of para-hydroxylation sites is 1. The number of aryl methyl sites for hydroxylation is 1. The van der Waals surface area contributed by atoms with Crippen LogP contribution in [-0.2, 0) is 17.4 Å². The highest BCUT2D eigenvalue weighted by molar-refractivity contribution is 8.00. The number of carbonyl (C=O) groups excluding carboxylic acids is 1. The Morgan fingerprint density at radius 1 is 1.08 bits per heavy atom. The van der Waals surface area contributed by atoms with Crippen LogP contribution in [-0.4, -0.2) is 16.9 Å². The van der Waals surface area contributed by atoms with Crippen molar-refractivity contribution in [3.8, 4) is 0 Å². The Bertz CT molecular complexity index is 689. The Kier molecular flexibility index (Phi) is 6.93. The average molecular weight is 367 g/mol. The molecule has 1 N–H and O–H groups in total. The fraction of sp³-hybridized carbons (Fsp3) is 0.316. The summed E-state index contributed by atoms with van der Waals surface area (Å²) in [7, 11) is 0. The van der Waals surface area contributed by atoms with Crippen LogP contribution < -0.4 is 5.32 Å². The molecule has 1 unspecified atom stereocenters. The molecule has 0 spiro atoms. The van der Waals surface area contributed by atoms with Crippen molar-refractivity contribution in [2.45, 2.75) is 31.2 Å². The maximum absolute atomic E-state index is 13.0. The van der Waals surface area contributed by atoms with Crippen LogP contribution in [0.2, 0.25) is 0 Å². The Morgan fingerprint density at radius 3 is 2.40 bits per heavy atom. The highest BCUT2D eigenvalue weighted by Gasteiger charge is 2.33. The molecule has 2 aromatic rings. The number of hydrogen-bond donors (Lipinski definition) is 1. The summed E-state index contributed by atoms with van der Waals surface area (Å²) in [6.45, 7) is 1.71. The van der Waals surface area contributed by atoms with Gasteiger partial charge in [0, 0.05) is 0 Å². The first-order valence-electron chi connectivity index (χ1n) is 8.00. The summed E-state index contributed by atoms with van der Waals surface area (Å²) in [5.74, 6) is 0.353. The van der Waals surface area contributed by atoms with Crippen LogP contribution >= 0.6 is 11.8 Å². The second-order valence-corrected chi connectivity index (χ2v) is 7.08. The average Bonchev–Trinajstić information content (AvgIpc) is 2.59. The molecule has 2 rings (SSSR count). The van der Waals surface area contributed by atoms with Crippen molar-refractivity contribution in [1.29, 1.82) is 0 Å². The lowest BCUT2D eigenvalue weighted by Crippen LogP contribution is -2.24. The zero-order valence-electron chi connectivity index (χ0n) is 13.8. The van der Waals surface area contributed by atoms with Crippen molar-refractivity contribution in [1.82, 2.24) is 0 Å². The smallest absolute Gasteiger partial charge is 0.325 e. The van der Waals surface area contributed by atoms with Crippen molar-refractivity contribution in [3.63, 3.8) is 0 Å². The molecule has 0 saturated heterocycles. The number of anilines is 1. The fourth-order valence-corrected chi connectivity index (χ4v) is 3.21. The Labute approximate surface area is 149 Å². The fourth-order valence-electron chi connectivity index (χ4n) is 2.33. The number of thioether (sulfide) groups is 1. The Balaban J connectivity index is 1.83. The summed E-state index contributed by atoms with van der Waals surface area (Å²) in [6, 6.07) is 15.0. The lowest BCUT2D eigenvalue weighted by atomic mass is 10.1. The van der Waals surface area contributed by atoms with Gasteiger partial charge in [0.15, 0.2) is 0 Å². The van der Waals surface area contributed by atoms with Crippen LogP contribution in [0.25, 0.3) is 0 Å². The molecule has 2 aromatic carbocycles. The number of hydrogen-bond acceptors (Lipinski definition) is 2. The molecule has 2 nitrogen and oxygen atoms in total. The van der Waals surface area contributed by atoms with E-state index in [1.807, 2.05) is 18.2 Å². The summed E-state index contributed by atoms with van der Waals surface area (Å²) in [5, 5.41) is 1.98. The van der Waals surface area contributed by atoms with Gasteiger partial charge < -0.3 is 5.32 Å². The first-order valence-corrected chi connectivity index (χ1v) is 9.05. The number of nitrogens with one attached hydrogen (secondary N) is 1. The third-order valence-corrected chi connectivity index (χ3v) is 4.92. The van der Waals surface area contributed by atoms with E-state index in [1.54, 1.807) is 6.92 Å². The van der Waals surface area contributed by atoms with Gasteiger partial charge in [0.1, 0.15) is 0 Å². The van der Waals surface area contributed by atoms with E-state index in [9.17, 15) is 18.0 Å². The monoisotopic (exact) mass is 367 g/mol. The van der Waals surface area contributed by atoms with Crippen molar-refractivity contribution in [2.75, 3.05) is 11.1 Å². The van der Waals surface area contributed by atoms with E-state index in [-0.39, 0.29) is 5.69 Å². The molecule has 25 heavy (non-hydrogen) atoms. The summed E-state index contributed by atoms with van der Waals surface area (Å²) in [6.07, 6.45) is -2.67. The minimum absolute atomic E-state index is 0.197. The van der Waals surface area contributed by atoms with Gasteiger partial charge in [0.25, 0.3) is 0 Å². The molecule has 0 heterocycles. The van der Waals surface area contributed by atoms with Gasteiger partial charge in [-0.1, -0.05) is 42.5 Å². The molecule has 0 aliphatic heterocycles. The van der Waals surface area contributed by atoms with Gasteiger partial charge in [-0.3, -0.25) is 4.79 Å². The first kappa shape index (κ1) is 19.4. The van der Waals surface area contributed by atoms with E-state index >= 15 is 0 Å². The molecule has 0 bridgehead atoms. The molecule has 134 valence electrons. The topological polar surface area (TPSA) is 29.1 Å². The van der Waals surface area contributed by atoms with Crippen LogP contribution in [0.4, 0.5) is 18.9 Å². The number of rotatable bonds is 7. The van der Waals surface area contributed by atoms with Crippen LogP contribution in [0.5, 0.6) is 0 Å². The summed E-state index contributed by atoms with van der Waals surface area (Å²) in [5.41, 5.74) is 0.209. The SMILES string of the molecule is CC(SCCCc1ccccc1)C(=O)Nc1ccccc1C(F)(F)F. The van der Waals surface area contributed by atoms with Crippen molar-refractivity contribution >= 4 is 23.4 Å². The minimum atomic E-state index is -4.49. The molecular formula is C19H20F3NOS. The second kappa shape index (κ2) is 8.94. The highest BCUT2D eigenvalue weighted by Crippen LogP contribution is 2.34. The van der Waals surface area contributed by atoms with Gasteiger partial charge in [-0.25, -0.2) is 0 Å². The molecule has 0 aliphatic carbocycles. The summed E-state index contributed by atoms with van der Waals surface area (Å²) < 4.78 is 38.9. The van der Waals surface area contributed by atoms with Crippen LogP contribution in [0.3, 0.4) is 0 Å². The standard InChI is InChI=1S/C19H20F3NOS/c1-14(25-13-7-10-15-8-3-2-4-9-15)18(24)23-17-12-6-5-11-16(17)19(20,21)22/h2-6,8-9,11-12,14H,7,10,13H2,1H3,(H,23,24). The number of carbonyl (C=O) groups is 1. The lowest BCUT2D eigenvalue weighted by molar-refractivity contribution is -0.137. The summed E-state index contributed by atoms with van der Waals surface area (Å²) in [4.78, 5) is 12.2. The third-order valence-electron chi connectivity index (χ3n) is 3.68. The van der Waals surface area contributed by atoms with Crippen molar-refractivity contribution in [3.05, 3.63) is 65.7 Å². The number of benzene rings is 2. The molecule has 0 aromatic heterocycles. The van der Waals surface area contributed by atoms with Crippen LogP contribution in [0.1, 0.15) is 24.5 Å². The maximum Gasteiger partial charge on any atom is 0.418 e. The molecule has 0 fully saturated rings. The van der Waals surface area contributed by atoms with E-state index in [0.717, 1.165) is 24.7 Å². The quantitative estimate of drug-likeness (QED) is 0.664. The molecule has 0 radical (unpaired) electrons. The van der Waals surface area contributed by atoms with Gasteiger partial charge in [-0.15, -0.1) is 11.8 Å². The van der Waals surface area contributed by atoms with Crippen LogP contribution in [0.15, 0.2) is 54.6 Å². The largest absolute Gasteiger partial charge is 0.418 e. The van der Waals surface area contributed by atoms with E-state index in [0.29, 0.717) is 0 Å². The molecular weight excluding hydrogens is 347 g/mol. The number of alkyl halides is 3. The van der Waals surface area contributed by atoms with Crippen LogP contribution in [0, 0.1) is 0 Å². The van der Waals surface area contributed by atoms with Crippen molar-refractivity contribution in [2.24, 2.45) is 0 Å². The van der Waals surface area contributed by atoms with E-state index in [4.69, 9.17) is 0 Å². The zero-order valence-corrected chi connectivity index (χ0v) is 14.7. The lowest BCUT2D eigenvalue weighted by Gasteiger charge is -2.16. The normalized spacial score (nSPS) is 12.6. The molecule has 0 saturated carbocycles. The molecule has 6 heteroatoms. The van der Waals surface area contributed by atoms with E-state index in [2.05, 4.69) is 17.4 Å². The van der Waals surface area contributed by atoms with Gasteiger partial charge in [0.05, 0.1) is 16.5 Å². The first-order chi connectivity index (χ1) is 11.9. The highest BCUT2D eigenvalue weighted by atomic mass is 32.2. The predicted octanol–water partition coefficient (Wildman–Crippen LogP) is 5.40. The maximum atomic E-state index is 13.0. The molecule has 1 atom stereocenters. The third kappa shape index (κ3) is 6.12. The molecule has 1 amide bonds. The second-order valence-electron chi connectivity index (χ2n) is 5.63. The Morgan fingerprint density at radius 2 is 1.72 bits per heavy atom. The van der Waals surface area contributed by atoms with E-state index in [1.165, 1.54) is 35.5 Å². The number of amides is 1. The van der Waals surface area contributed by atoms with Gasteiger partial charge >= 0.3 is 6.18 Å². The predicted molar refractivity (Wildman–Crippen MR) is 96.8 cm³/mol.